The van der Waals surface area contributed by atoms with Crippen LogP contribution in [0.5, 0.6) is 0 Å². The van der Waals surface area contributed by atoms with Gasteiger partial charge in [-0.3, -0.25) is 4.79 Å². The Kier molecular flexibility index (Phi) is 5.07. The van der Waals surface area contributed by atoms with Gasteiger partial charge < -0.3 is 5.32 Å². The van der Waals surface area contributed by atoms with Gasteiger partial charge in [-0.1, -0.05) is 34.6 Å². The first-order valence-corrected chi connectivity index (χ1v) is 8.96. The predicted octanol–water partition coefficient (Wildman–Crippen LogP) is 4.67. The van der Waals surface area contributed by atoms with Crippen molar-refractivity contribution in [3.8, 4) is 0 Å². The third-order valence-electron chi connectivity index (χ3n) is 4.75. The summed E-state index contributed by atoms with van der Waals surface area (Å²) in [6.45, 7) is 11.1. The van der Waals surface area contributed by atoms with Gasteiger partial charge in [0.2, 0.25) is 5.91 Å². The minimum atomic E-state index is 0.105. The largest absolute Gasteiger partial charge is 0.302 e. The summed E-state index contributed by atoms with van der Waals surface area (Å²) in [7, 11) is 0. The van der Waals surface area contributed by atoms with E-state index in [1.165, 1.54) is 17.0 Å². The normalized spacial score (nSPS) is 18.7. The molecule has 1 N–H and O–H groups in total. The first-order chi connectivity index (χ1) is 9.85. The number of hydrogen-bond donors (Lipinski definition) is 1. The van der Waals surface area contributed by atoms with E-state index in [1.807, 2.05) is 0 Å². The van der Waals surface area contributed by atoms with Crippen LogP contribution in [0.1, 0.15) is 64.5 Å². The molecule has 0 aromatic carbocycles. The molecule has 0 radical (unpaired) electrons. The van der Waals surface area contributed by atoms with Gasteiger partial charge in [0.05, 0.1) is 5.69 Å². The molecule has 0 saturated heterocycles. The van der Waals surface area contributed by atoms with Gasteiger partial charge in [0.1, 0.15) is 0 Å². The molecule has 0 spiro atoms. The second-order valence-electron chi connectivity index (χ2n) is 7.20. The number of carbonyl (C=O) groups is 1. The lowest BCUT2D eigenvalue weighted by Crippen LogP contribution is -2.26. The van der Waals surface area contributed by atoms with E-state index in [2.05, 4.69) is 44.9 Å². The summed E-state index contributed by atoms with van der Waals surface area (Å²) in [5.74, 6) is 0.944. The molecule has 0 aliphatic heterocycles. The van der Waals surface area contributed by atoms with Crippen LogP contribution in [-0.4, -0.2) is 10.9 Å². The summed E-state index contributed by atoms with van der Waals surface area (Å²) in [4.78, 5) is 18.2. The van der Waals surface area contributed by atoms with Crippen molar-refractivity contribution in [3.63, 3.8) is 0 Å². The minimum Gasteiger partial charge on any atom is -0.302 e. The summed E-state index contributed by atoms with van der Waals surface area (Å²) < 4.78 is 0. The van der Waals surface area contributed by atoms with E-state index in [0.29, 0.717) is 11.3 Å². The summed E-state index contributed by atoms with van der Waals surface area (Å²) >= 11 is 1.68. The third-order valence-corrected chi connectivity index (χ3v) is 5.79. The number of fused-ring (bicyclic) bond motifs is 1. The van der Waals surface area contributed by atoms with Crippen LogP contribution >= 0.6 is 11.3 Å². The number of thiazole rings is 1. The number of aromatic nitrogens is 1. The van der Waals surface area contributed by atoms with Crippen molar-refractivity contribution in [2.24, 2.45) is 17.3 Å². The molecule has 1 amide bonds. The van der Waals surface area contributed by atoms with Gasteiger partial charge in [0.25, 0.3) is 0 Å². The molecule has 118 valence electrons. The van der Waals surface area contributed by atoms with Gasteiger partial charge >= 0.3 is 0 Å². The highest BCUT2D eigenvalue weighted by molar-refractivity contribution is 7.15. The molecule has 2 rings (SSSR count). The van der Waals surface area contributed by atoms with Crippen molar-refractivity contribution in [2.75, 3.05) is 5.32 Å². The Labute approximate surface area is 132 Å². The van der Waals surface area contributed by atoms with Crippen molar-refractivity contribution in [1.82, 2.24) is 4.98 Å². The zero-order valence-corrected chi connectivity index (χ0v) is 14.8. The van der Waals surface area contributed by atoms with Gasteiger partial charge in [-0.15, -0.1) is 11.3 Å². The topological polar surface area (TPSA) is 42.0 Å². The zero-order valence-electron chi connectivity index (χ0n) is 14.0. The lowest BCUT2D eigenvalue weighted by Gasteiger charge is -2.33. The Morgan fingerprint density at radius 3 is 2.62 bits per heavy atom. The molecule has 21 heavy (non-hydrogen) atoms. The first-order valence-electron chi connectivity index (χ1n) is 8.14. The first kappa shape index (κ1) is 16.5. The fraction of sp³-hybridized carbons (Fsp3) is 0.765. The molecule has 1 aromatic rings. The average molecular weight is 308 g/mol. The standard InChI is InChI=1S/C17H28N2OS/c1-6-11(7-2)15(20)19-16-18-13-9-8-12(17(3,4)5)10-14(13)21-16/h11-12H,6-10H2,1-5H3,(H,18,19,20)/t12-/m1/s1. The Morgan fingerprint density at radius 2 is 2.05 bits per heavy atom. The Balaban J connectivity index is 2.07. The van der Waals surface area contributed by atoms with Crippen LogP contribution in [0.2, 0.25) is 0 Å². The SMILES string of the molecule is CCC(CC)C(=O)Nc1nc2c(s1)C[C@H](C(C)(C)C)CC2. The number of hydrogen-bond acceptors (Lipinski definition) is 3. The fourth-order valence-electron chi connectivity index (χ4n) is 3.03. The summed E-state index contributed by atoms with van der Waals surface area (Å²) in [5.41, 5.74) is 1.56. The number of nitrogens with zero attached hydrogens (tertiary/aromatic N) is 1. The van der Waals surface area contributed by atoms with E-state index < -0.39 is 0 Å². The highest BCUT2D eigenvalue weighted by Gasteiger charge is 2.31. The molecule has 0 unspecified atom stereocenters. The molecule has 0 bridgehead atoms. The van der Waals surface area contributed by atoms with Gasteiger partial charge in [0, 0.05) is 10.8 Å². The van der Waals surface area contributed by atoms with Gasteiger partial charge in [-0.05, 0) is 43.4 Å². The maximum Gasteiger partial charge on any atom is 0.229 e. The monoisotopic (exact) mass is 308 g/mol. The lowest BCUT2D eigenvalue weighted by atomic mass is 9.73. The molecule has 1 aliphatic carbocycles. The number of rotatable bonds is 4. The van der Waals surface area contributed by atoms with Gasteiger partial charge in [-0.2, -0.15) is 0 Å². The van der Waals surface area contributed by atoms with E-state index in [1.54, 1.807) is 11.3 Å². The van der Waals surface area contributed by atoms with E-state index in [-0.39, 0.29) is 11.8 Å². The molecule has 1 atom stereocenters. The Bertz CT molecular complexity index is 497. The van der Waals surface area contributed by atoms with Crippen molar-refractivity contribution < 1.29 is 4.79 Å². The van der Waals surface area contributed by atoms with Gasteiger partial charge in [0.15, 0.2) is 5.13 Å². The quantitative estimate of drug-likeness (QED) is 0.878. The molecular weight excluding hydrogens is 280 g/mol. The molecule has 0 saturated carbocycles. The van der Waals surface area contributed by atoms with Crippen LogP contribution in [0, 0.1) is 17.3 Å². The molecule has 4 heteroatoms. The van der Waals surface area contributed by atoms with Crippen LogP contribution in [0.3, 0.4) is 0 Å². The van der Waals surface area contributed by atoms with Crippen LogP contribution in [-0.2, 0) is 17.6 Å². The second-order valence-corrected chi connectivity index (χ2v) is 8.28. The maximum absolute atomic E-state index is 12.2. The van der Waals surface area contributed by atoms with E-state index >= 15 is 0 Å². The molecule has 1 heterocycles. The molecule has 1 aliphatic rings. The number of carbonyl (C=O) groups excluding carboxylic acids is 1. The average Bonchev–Trinajstić information content (AvgIpc) is 2.80. The molecule has 1 aromatic heterocycles. The number of aryl methyl sites for hydroxylation is 1. The summed E-state index contributed by atoms with van der Waals surface area (Å²) in [6.07, 6.45) is 5.14. The van der Waals surface area contributed by atoms with Crippen molar-refractivity contribution in [2.45, 2.75) is 66.7 Å². The number of amides is 1. The van der Waals surface area contributed by atoms with E-state index in [0.717, 1.165) is 30.8 Å². The highest BCUT2D eigenvalue weighted by Crippen LogP contribution is 2.40. The van der Waals surface area contributed by atoms with Crippen molar-refractivity contribution in [1.29, 1.82) is 0 Å². The van der Waals surface area contributed by atoms with Crippen molar-refractivity contribution in [3.05, 3.63) is 10.6 Å². The molecule has 0 fully saturated rings. The summed E-state index contributed by atoms with van der Waals surface area (Å²) in [5, 5.41) is 3.82. The maximum atomic E-state index is 12.2. The number of nitrogens with one attached hydrogen (secondary N) is 1. The number of anilines is 1. The van der Waals surface area contributed by atoms with Crippen LogP contribution in [0.15, 0.2) is 0 Å². The fourth-order valence-corrected chi connectivity index (χ4v) is 4.13. The third kappa shape index (κ3) is 3.85. The van der Waals surface area contributed by atoms with E-state index in [4.69, 9.17) is 0 Å². The van der Waals surface area contributed by atoms with Gasteiger partial charge in [-0.25, -0.2) is 4.98 Å². The predicted molar refractivity (Wildman–Crippen MR) is 89.8 cm³/mol. The van der Waals surface area contributed by atoms with E-state index in [9.17, 15) is 4.79 Å². The molecule has 3 nitrogen and oxygen atoms in total. The molecular formula is C17H28N2OS. The smallest absolute Gasteiger partial charge is 0.229 e. The van der Waals surface area contributed by atoms with Crippen molar-refractivity contribution >= 4 is 22.4 Å². The summed E-state index contributed by atoms with van der Waals surface area (Å²) in [6, 6.07) is 0. The zero-order chi connectivity index (χ0) is 15.6. The lowest BCUT2D eigenvalue weighted by molar-refractivity contribution is -0.120. The second kappa shape index (κ2) is 6.47. The highest BCUT2D eigenvalue weighted by atomic mass is 32.1. The van der Waals surface area contributed by atoms with Crippen LogP contribution in [0.4, 0.5) is 5.13 Å². The Morgan fingerprint density at radius 1 is 1.38 bits per heavy atom. The van der Waals surface area contributed by atoms with Crippen LogP contribution < -0.4 is 5.32 Å². The Hall–Kier alpha value is -0.900. The minimum absolute atomic E-state index is 0.105. The van der Waals surface area contributed by atoms with Crippen LogP contribution in [0.25, 0.3) is 0 Å².